The van der Waals surface area contributed by atoms with Gasteiger partial charge in [-0.25, -0.2) is 4.68 Å². The predicted octanol–water partition coefficient (Wildman–Crippen LogP) is 4.86. The van der Waals surface area contributed by atoms with E-state index in [2.05, 4.69) is 6.07 Å². The van der Waals surface area contributed by atoms with Gasteiger partial charge in [0.05, 0.1) is 27.0 Å². The number of hydrogen-bond donors (Lipinski definition) is 0. The van der Waals surface area contributed by atoms with Crippen LogP contribution in [0.4, 0.5) is 5.69 Å². The quantitative estimate of drug-likeness (QED) is 0.307. The van der Waals surface area contributed by atoms with Gasteiger partial charge in [-0.3, -0.25) is 14.9 Å². The van der Waals surface area contributed by atoms with Crippen LogP contribution in [0, 0.1) is 10.1 Å². The summed E-state index contributed by atoms with van der Waals surface area (Å²) in [6, 6.07) is 22.1. The van der Waals surface area contributed by atoms with E-state index in [9.17, 15) is 14.9 Å². The van der Waals surface area contributed by atoms with Crippen molar-refractivity contribution in [1.29, 1.82) is 0 Å². The van der Waals surface area contributed by atoms with Crippen molar-refractivity contribution >= 4 is 27.5 Å². The Labute approximate surface area is 182 Å². The van der Waals surface area contributed by atoms with Crippen molar-refractivity contribution in [3.63, 3.8) is 0 Å². The molecule has 6 rings (SSSR count). The van der Waals surface area contributed by atoms with E-state index >= 15 is 0 Å². The fourth-order valence-electron chi connectivity index (χ4n) is 4.75. The normalized spacial score (nSPS) is 13.0. The van der Waals surface area contributed by atoms with Gasteiger partial charge in [0.2, 0.25) is 0 Å². The first-order valence-electron chi connectivity index (χ1n) is 10.5. The predicted molar refractivity (Wildman–Crippen MR) is 123 cm³/mol. The Morgan fingerprint density at radius 2 is 1.69 bits per heavy atom. The third-order valence-corrected chi connectivity index (χ3v) is 6.17. The second-order valence-corrected chi connectivity index (χ2v) is 8.00. The summed E-state index contributed by atoms with van der Waals surface area (Å²) in [6.07, 6.45) is 1.86. The number of aromatic nitrogens is 3. The van der Waals surface area contributed by atoms with E-state index in [1.54, 1.807) is 16.8 Å². The van der Waals surface area contributed by atoms with Gasteiger partial charge in [-0.1, -0.05) is 48.5 Å². The minimum Gasteiger partial charge on any atom is -0.307 e. The monoisotopic (exact) mass is 422 g/mol. The highest BCUT2D eigenvalue weighted by molar-refractivity contribution is 6.09. The van der Waals surface area contributed by atoms with Gasteiger partial charge in [0, 0.05) is 29.6 Å². The van der Waals surface area contributed by atoms with Gasteiger partial charge in [0.1, 0.15) is 5.69 Å². The molecule has 0 saturated heterocycles. The molecule has 7 heteroatoms. The molecule has 0 atom stereocenters. The number of benzene rings is 3. The largest absolute Gasteiger partial charge is 0.307 e. The zero-order valence-corrected chi connectivity index (χ0v) is 17.1. The van der Waals surface area contributed by atoms with E-state index < -0.39 is 4.92 Å². The summed E-state index contributed by atoms with van der Waals surface area (Å²) in [5.74, 6) is 0. The second kappa shape index (κ2) is 6.88. The van der Waals surface area contributed by atoms with E-state index in [4.69, 9.17) is 5.10 Å². The molecule has 0 aliphatic carbocycles. The summed E-state index contributed by atoms with van der Waals surface area (Å²) >= 11 is 0. The van der Waals surface area contributed by atoms with Crippen LogP contribution in [0.2, 0.25) is 0 Å². The number of nitro benzene ring substituents is 1. The zero-order valence-electron chi connectivity index (χ0n) is 17.1. The maximum Gasteiger partial charge on any atom is 0.269 e. The molecule has 2 aromatic heterocycles. The van der Waals surface area contributed by atoms with Gasteiger partial charge in [-0.2, -0.15) is 5.10 Å². The van der Waals surface area contributed by atoms with Crippen molar-refractivity contribution in [3.05, 3.63) is 98.8 Å². The van der Waals surface area contributed by atoms with Gasteiger partial charge in [0.25, 0.3) is 11.2 Å². The Kier molecular flexibility index (Phi) is 3.98. The molecule has 0 N–H and O–H groups in total. The fraction of sp³-hybridized carbons (Fsp3) is 0.120. The number of nitro groups is 1. The van der Waals surface area contributed by atoms with Crippen molar-refractivity contribution in [1.82, 2.24) is 14.3 Å². The number of hydrogen-bond acceptors (Lipinski definition) is 4. The molecule has 0 unspecified atom stereocenters. The Morgan fingerprint density at radius 3 is 2.44 bits per heavy atom. The number of nitrogens with zero attached hydrogens (tertiary/aromatic N) is 4. The van der Waals surface area contributed by atoms with Gasteiger partial charge in [0.15, 0.2) is 0 Å². The van der Waals surface area contributed by atoms with Crippen LogP contribution < -0.4 is 5.56 Å². The standard InChI is InChI=1S/C25H18N4O3/c30-25-21-22(16-6-2-1-3-7-16)26-28(18-11-13-19(14-12-18)29(31)32)24(21)20-10-4-8-17-9-5-15-27(25)23(17)20/h1-4,6-8,10-14H,5,9,15H2. The van der Waals surface area contributed by atoms with E-state index in [1.807, 2.05) is 47.0 Å². The van der Waals surface area contributed by atoms with Crippen LogP contribution in [-0.4, -0.2) is 19.3 Å². The molecular formula is C25H18N4O3. The van der Waals surface area contributed by atoms with Crippen LogP contribution in [0.15, 0.2) is 77.6 Å². The Morgan fingerprint density at radius 1 is 0.906 bits per heavy atom. The number of aryl methyl sites for hydroxylation is 2. The molecule has 0 saturated carbocycles. The molecule has 32 heavy (non-hydrogen) atoms. The first-order chi connectivity index (χ1) is 15.6. The third-order valence-electron chi connectivity index (χ3n) is 6.17. The van der Waals surface area contributed by atoms with Crippen molar-refractivity contribution < 1.29 is 4.92 Å². The molecule has 0 spiro atoms. The number of rotatable bonds is 3. The summed E-state index contributed by atoms with van der Waals surface area (Å²) in [7, 11) is 0. The van der Waals surface area contributed by atoms with Gasteiger partial charge < -0.3 is 4.57 Å². The summed E-state index contributed by atoms with van der Waals surface area (Å²) in [6.45, 7) is 0.680. The van der Waals surface area contributed by atoms with E-state index in [1.165, 1.54) is 12.1 Å². The van der Waals surface area contributed by atoms with Crippen LogP contribution in [-0.2, 0) is 13.0 Å². The molecule has 5 aromatic rings. The van der Waals surface area contributed by atoms with Crippen LogP contribution >= 0.6 is 0 Å². The molecule has 3 aromatic carbocycles. The summed E-state index contributed by atoms with van der Waals surface area (Å²) in [4.78, 5) is 24.5. The van der Waals surface area contributed by atoms with Crippen LogP contribution in [0.25, 0.3) is 38.8 Å². The number of pyridine rings is 1. The van der Waals surface area contributed by atoms with E-state index in [0.29, 0.717) is 23.3 Å². The molecule has 0 amide bonds. The number of para-hydroxylation sites is 1. The second-order valence-electron chi connectivity index (χ2n) is 8.00. The maximum absolute atomic E-state index is 13.8. The van der Waals surface area contributed by atoms with Crippen molar-refractivity contribution in [2.75, 3.05) is 0 Å². The van der Waals surface area contributed by atoms with Crippen molar-refractivity contribution in [2.24, 2.45) is 0 Å². The average Bonchev–Trinajstić information content (AvgIpc) is 3.24. The lowest BCUT2D eigenvalue weighted by Gasteiger charge is -2.20. The van der Waals surface area contributed by atoms with Crippen LogP contribution in [0.3, 0.4) is 0 Å². The number of non-ortho nitro benzene ring substituents is 1. The molecule has 0 fully saturated rings. The molecule has 0 bridgehead atoms. The number of fused-ring (bicyclic) bond motifs is 2. The van der Waals surface area contributed by atoms with Crippen LogP contribution in [0.5, 0.6) is 0 Å². The minimum atomic E-state index is -0.424. The smallest absolute Gasteiger partial charge is 0.269 e. The Bertz CT molecular complexity index is 1580. The lowest BCUT2D eigenvalue weighted by atomic mass is 9.98. The lowest BCUT2D eigenvalue weighted by Crippen LogP contribution is -2.25. The highest BCUT2D eigenvalue weighted by Gasteiger charge is 2.24. The first kappa shape index (κ1) is 18.5. The molecule has 0 radical (unpaired) electrons. The third kappa shape index (κ3) is 2.61. The summed E-state index contributed by atoms with van der Waals surface area (Å²) in [5, 5.41) is 17.5. The summed E-state index contributed by atoms with van der Waals surface area (Å²) < 4.78 is 3.63. The van der Waals surface area contributed by atoms with Crippen molar-refractivity contribution in [3.8, 4) is 16.9 Å². The molecule has 7 nitrogen and oxygen atoms in total. The van der Waals surface area contributed by atoms with Crippen LogP contribution in [0.1, 0.15) is 12.0 Å². The summed E-state index contributed by atoms with van der Waals surface area (Å²) in [5.41, 5.74) is 4.95. The minimum absolute atomic E-state index is 0.0115. The highest BCUT2D eigenvalue weighted by atomic mass is 16.6. The Hall–Kier alpha value is -4.26. The van der Waals surface area contributed by atoms with Gasteiger partial charge >= 0.3 is 0 Å². The fourth-order valence-corrected chi connectivity index (χ4v) is 4.75. The zero-order chi connectivity index (χ0) is 21.8. The molecular weight excluding hydrogens is 404 g/mol. The maximum atomic E-state index is 13.8. The lowest BCUT2D eigenvalue weighted by molar-refractivity contribution is -0.384. The molecule has 156 valence electrons. The van der Waals surface area contributed by atoms with Gasteiger partial charge in [-0.15, -0.1) is 0 Å². The van der Waals surface area contributed by atoms with E-state index in [0.717, 1.165) is 40.4 Å². The average molecular weight is 422 g/mol. The molecule has 1 aliphatic rings. The first-order valence-corrected chi connectivity index (χ1v) is 10.5. The van der Waals surface area contributed by atoms with Crippen molar-refractivity contribution in [2.45, 2.75) is 19.4 Å². The van der Waals surface area contributed by atoms with E-state index in [-0.39, 0.29) is 11.2 Å². The molecule has 1 aliphatic heterocycles. The Balaban J connectivity index is 1.77. The molecule has 3 heterocycles. The topological polar surface area (TPSA) is 83.0 Å². The SMILES string of the molecule is O=c1c2c(-c3ccccc3)nn(-c3ccc([N+](=O)[O-])cc3)c2c2cccc3c2n1CCC3. The highest BCUT2D eigenvalue weighted by Crippen LogP contribution is 2.35. The van der Waals surface area contributed by atoms with Gasteiger partial charge in [-0.05, 0) is 30.5 Å².